The van der Waals surface area contributed by atoms with Crippen molar-refractivity contribution in [3.8, 4) is 11.5 Å². The third-order valence-corrected chi connectivity index (χ3v) is 4.68. The topological polar surface area (TPSA) is 76.7 Å². The summed E-state index contributed by atoms with van der Waals surface area (Å²) < 4.78 is 11.0. The first kappa shape index (κ1) is 19.4. The average Bonchev–Trinajstić information content (AvgIpc) is 3.20. The van der Waals surface area contributed by atoms with Crippen LogP contribution in [0, 0.1) is 0 Å². The van der Waals surface area contributed by atoms with E-state index in [4.69, 9.17) is 9.47 Å². The number of hydrogen-bond donors (Lipinski definition) is 2. The zero-order valence-corrected chi connectivity index (χ0v) is 16.3. The van der Waals surface area contributed by atoms with Gasteiger partial charge in [0.25, 0.3) is 5.91 Å². The summed E-state index contributed by atoms with van der Waals surface area (Å²) in [6.45, 7) is 1.87. The van der Waals surface area contributed by atoms with Crippen LogP contribution in [0.25, 0.3) is 0 Å². The van der Waals surface area contributed by atoms with E-state index in [1.165, 1.54) is 14.0 Å². The van der Waals surface area contributed by atoms with E-state index < -0.39 is 0 Å². The molecule has 2 amide bonds. The summed E-state index contributed by atoms with van der Waals surface area (Å²) in [6, 6.07) is 16.0. The van der Waals surface area contributed by atoms with E-state index in [0.717, 1.165) is 4.88 Å². The van der Waals surface area contributed by atoms with Crippen molar-refractivity contribution in [2.24, 2.45) is 0 Å². The number of carbonyl (C=O) groups excluding carboxylic acids is 2. The first-order valence-corrected chi connectivity index (χ1v) is 9.45. The Morgan fingerprint density at radius 3 is 2.61 bits per heavy atom. The minimum atomic E-state index is -0.277. The van der Waals surface area contributed by atoms with Crippen molar-refractivity contribution in [2.75, 3.05) is 17.7 Å². The summed E-state index contributed by atoms with van der Waals surface area (Å²) >= 11 is 1.62. The van der Waals surface area contributed by atoms with Crippen LogP contribution in [0.1, 0.15) is 22.2 Å². The Hall–Kier alpha value is -3.32. The third-order valence-electron chi connectivity index (χ3n) is 3.83. The molecule has 1 heterocycles. The summed E-state index contributed by atoms with van der Waals surface area (Å²) in [5, 5.41) is 7.50. The first-order valence-electron chi connectivity index (χ1n) is 8.57. The van der Waals surface area contributed by atoms with E-state index >= 15 is 0 Å². The second-order valence-corrected chi connectivity index (χ2v) is 6.98. The number of thiophene rings is 1. The molecule has 0 saturated carbocycles. The largest absolute Gasteiger partial charge is 0.495 e. The quantitative estimate of drug-likeness (QED) is 0.614. The highest BCUT2D eigenvalue weighted by molar-refractivity contribution is 7.09. The average molecular weight is 396 g/mol. The molecule has 0 fully saturated rings. The predicted molar refractivity (Wildman–Crippen MR) is 110 cm³/mol. The Kier molecular flexibility index (Phi) is 6.29. The SMILES string of the molecule is COc1ccc(NC(=O)c2cccc(OCc3cccs3)c2)cc1NC(C)=O. The van der Waals surface area contributed by atoms with E-state index in [-0.39, 0.29) is 11.8 Å². The number of benzene rings is 2. The number of nitrogens with one attached hydrogen (secondary N) is 2. The van der Waals surface area contributed by atoms with Gasteiger partial charge in [0.05, 0.1) is 12.8 Å². The maximum atomic E-state index is 12.6. The number of amides is 2. The Labute approximate surface area is 167 Å². The van der Waals surface area contributed by atoms with E-state index in [1.807, 2.05) is 23.6 Å². The molecule has 1 aromatic heterocycles. The van der Waals surface area contributed by atoms with Gasteiger partial charge in [-0.05, 0) is 47.8 Å². The van der Waals surface area contributed by atoms with Gasteiger partial charge in [-0.15, -0.1) is 11.3 Å². The molecule has 7 heteroatoms. The Bertz CT molecular complexity index is 970. The van der Waals surface area contributed by atoms with Crippen LogP contribution in [0.3, 0.4) is 0 Å². The van der Waals surface area contributed by atoms with Gasteiger partial charge in [-0.25, -0.2) is 0 Å². The smallest absolute Gasteiger partial charge is 0.255 e. The van der Waals surface area contributed by atoms with Gasteiger partial charge in [0, 0.05) is 23.1 Å². The van der Waals surface area contributed by atoms with Gasteiger partial charge in [0.2, 0.25) is 5.91 Å². The summed E-state index contributed by atoms with van der Waals surface area (Å²) in [6.07, 6.45) is 0. The van der Waals surface area contributed by atoms with Gasteiger partial charge < -0.3 is 20.1 Å². The van der Waals surface area contributed by atoms with E-state index in [1.54, 1.807) is 47.7 Å². The van der Waals surface area contributed by atoms with Crippen molar-refractivity contribution in [3.05, 3.63) is 70.4 Å². The van der Waals surface area contributed by atoms with Crippen molar-refractivity contribution >= 4 is 34.5 Å². The van der Waals surface area contributed by atoms with Crippen molar-refractivity contribution in [1.29, 1.82) is 0 Å². The molecule has 0 aliphatic heterocycles. The van der Waals surface area contributed by atoms with Gasteiger partial charge >= 0.3 is 0 Å². The van der Waals surface area contributed by atoms with Crippen LogP contribution in [0.4, 0.5) is 11.4 Å². The number of ether oxygens (including phenoxy) is 2. The van der Waals surface area contributed by atoms with Crippen LogP contribution >= 0.6 is 11.3 Å². The summed E-state index contributed by atoms with van der Waals surface area (Å²) in [5.41, 5.74) is 1.50. The molecule has 0 bridgehead atoms. The lowest BCUT2D eigenvalue weighted by Gasteiger charge is -2.12. The van der Waals surface area contributed by atoms with Crippen LogP contribution in [0.2, 0.25) is 0 Å². The van der Waals surface area contributed by atoms with E-state index in [0.29, 0.717) is 35.0 Å². The molecular formula is C21H20N2O4S. The summed E-state index contributed by atoms with van der Waals surface area (Å²) in [4.78, 5) is 25.1. The number of rotatable bonds is 7. The van der Waals surface area contributed by atoms with Gasteiger partial charge in [-0.2, -0.15) is 0 Å². The first-order chi connectivity index (χ1) is 13.5. The molecule has 0 aliphatic carbocycles. The minimum absolute atomic E-state index is 0.225. The molecule has 2 N–H and O–H groups in total. The summed E-state index contributed by atoms with van der Waals surface area (Å²) in [5.74, 6) is 0.629. The van der Waals surface area contributed by atoms with Crippen molar-refractivity contribution in [1.82, 2.24) is 0 Å². The van der Waals surface area contributed by atoms with Crippen LogP contribution in [0.5, 0.6) is 11.5 Å². The Balaban J connectivity index is 1.70. The molecule has 0 unspecified atom stereocenters. The van der Waals surface area contributed by atoms with Crippen molar-refractivity contribution < 1.29 is 19.1 Å². The van der Waals surface area contributed by atoms with Gasteiger partial charge in [0.15, 0.2) is 0 Å². The molecule has 6 nitrogen and oxygen atoms in total. The third kappa shape index (κ3) is 5.11. The fraction of sp³-hybridized carbons (Fsp3) is 0.143. The Morgan fingerprint density at radius 1 is 1.04 bits per heavy atom. The summed E-state index contributed by atoms with van der Waals surface area (Å²) in [7, 11) is 1.51. The van der Waals surface area contributed by atoms with Crippen LogP contribution in [0.15, 0.2) is 60.0 Å². The molecule has 0 spiro atoms. The second-order valence-electron chi connectivity index (χ2n) is 5.95. The zero-order chi connectivity index (χ0) is 19.9. The lowest BCUT2D eigenvalue weighted by Crippen LogP contribution is -2.13. The molecule has 0 atom stereocenters. The molecule has 3 aromatic rings. The molecule has 0 aliphatic rings. The standard InChI is InChI=1S/C21H20N2O4S/c1-14(24)22-19-12-16(8-9-20(19)26-2)23-21(25)15-5-3-6-17(11-15)27-13-18-7-4-10-28-18/h3-12H,13H2,1-2H3,(H,22,24)(H,23,25). The minimum Gasteiger partial charge on any atom is -0.495 e. The highest BCUT2D eigenvalue weighted by Crippen LogP contribution is 2.28. The maximum Gasteiger partial charge on any atom is 0.255 e. The zero-order valence-electron chi connectivity index (χ0n) is 15.5. The van der Waals surface area contributed by atoms with Crippen LogP contribution in [-0.2, 0) is 11.4 Å². The predicted octanol–water partition coefficient (Wildman–Crippen LogP) is 4.55. The number of anilines is 2. The molecular weight excluding hydrogens is 376 g/mol. The lowest BCUT2D eigenvalue weighted by molar-refractivity contribution is -0.114. The van der Waals surface area contributed by atoms with E-state index in [9.17, 15) is 9.59 Å². The highest BCUT2D eigenvalue weighted by Gasteiger charge is 2.11. The highest BCUT2D eigenvalue weighted by atomic mass is 32.1. The normalized spacial score (nSPS) is 10.2. The van der Waals surface area contributed by atoms with E-state index in [2.05, 4.69) is 10.6 Å². The fourth-order valence-corrected chi connectivity index (χ4v) is 3.17. The lowest BCUT2D eigenvalue weighted by atomic mass is 10.2. The molecule has 144 valence electrons. The van der Waals surface area contributed by atoms with Crippen LogP contribution < -0.4 is 20.1 Å². The number of hydrogen-bond acceptors (Lipinski definition) is 5. The van der Waals surface area contributed by atoms with Gasteiger partial charge in [-0.3, -0.25) is 9.59 Å². The molecule has 3 rings (SSSR count). The second kappa shape index (κ2) is 9.05. The number of methoxy groups -OCH3 is 1. The van der Waals surface area contributed by atoms with Crippen molar-refractivity contribution in [3.63, 3.8) is 0 Å². The molecule has 0 radical (unpaired) electrons. The van der Waals surface area contributed by atoms with Crippen molar-refractivity contribution in [2.45, 2.75) is 13.5 Å². The van der Waals surface area contributed by atoms with Gasteiger partial charge in [-0.1, -0.05) is 12.1 Å². The monoisotopic (exact) mass is 396 g/mol. The number of carbonyl (C=O) groups is 2. The fourth-order valence-electron chi connectivity index (χ4n) is 2.55. The Morgan fingerprint density at radius 2 is 1.89 bits per heavy atom. The van der Waals surface area contributed by atoms with Gasteiger partial charge in [0.1, 0.15) is 18.1 Å². The molecule has 0 saturated heterocycles. The van der Waals surface area contributed by atoms with Crippen LogP contribution in [-0.4, -0.2) is 18.9 Å². The maximum absolute atomic E-state index is 12.6. The molecule has 28 heavy (non-hydrogen) atoms. The molecule has 2 aromatic carbocycles.